The average Bonchev–Trinajstić information content (AvgIpc) is 2.63. The van der Waals surface area contributed by atoms with Crippen LogP contribution in [0.25, 0.3) is 0 Å². The van der Waals surface area contributed by atoms with Gasteiger partial charge in [-0.3, -0.25) is 4.79 Å². The van der Waals surface area contributed by atoms with E-state index in [9.17, 15) is 4.79 Å². The normalized spacial score (nSPS) is 10.2. The van der Waals surface area contributed by atoms with Gasteiger partial charge < -0.3 is 16.8 Å². The van der Waals surface area contributed by atoms with Crippen molar-refractivity contribution >= 4 is 34.2 Å². The molecule has 0 saturated heterocycles. The maximum absolute atomic E-state index is 10.9. The smallest absolute Gasteiger partial charge is 0.254 e. The number of nitrogen functional groups attached to an aromatic ring is 1. The summed E-state index contributed by atoms with van der Waals surface area (Å²) >= 11 is 1.29. The maximum atomic E-state index is 10.9. The minimum atomic E-state index is -0.650. The van der Waals surface area contributed by atoms with Crippen LogP contribution in [0.5, 0.6) is 0 Å². The highest BCUT2D eigenvalue weighted by atomic mass is 32.1. The van der Waals surface area contributed by atoms with Gasteiger partial charge in [-0.05, 0) is 24.5 Å². The fourth-order valence-electron chi connectivity index (χ4n) is 1.18. The molecule has 0 radical (unpaired) electrons. The van der Waals surface area contributed by atoms with Crippen LogP contribution in [0.3, 0.4) is 0 Å². The highest BCUT2D eigenvalue weighted by Crippen LogP contribution is 2.20. The Morgan fingerprint density at radius 3 is 2.82 bits per heavy atom. The number of hydrogen-bond acceptors (Lipinski definition) is 7. The van der Waals surface area contributed by atoms with Crippen LogP contribution in [0.1, 0.15) is 16.1 Å². The van der Waals surface area contributed by atoms with E-state index >= 15 is 0 Å². The van der Waals surface area contributed by atoms with Gasteiger partial charge in [0.2, 0.25) is 5.95 Å². The van der Waals surface area contributed by atoms with Gasteiger partial charge in [0.25, 0.3) is 5.91 Å². The summed E-state index contributed by atoms with van der Waals surface area (Å²) in [5.41, 5.74) is 11.7. The summed E-state index contributed by atoms with van der Waals surface area (Å²) in [5, 5.41) is 3.73. The third-order valence-electron chi connectivity index (χ3n) is 1.95. The van der Waals surface area contributed by atoms with Crippen molar-refractivity contribution in [2.24, 2.45) is 5.73 Å². The molecule has 1 amide bonds. The lowest BCUT2D eigenvalue weighted by molar-refractivity contribution is 0.100. The van der Waals surface area contributed by atoms with Crippen molar-refractivity contribution in [3.8, 4) is 0 Å². The van der Waals surface area contributed by atoms with Crippen LogP contribution in [-0.2, 0) is 0 Å². The molecule has 88 valence electrons. The number of nitrogens with two attached hydrogens (primary N) is 2. The molecule has 2 aromatic rings. The molecule has 5 N–H and O–H groups in total. The van der Waals surface area contributed by atoms with Crippen molar-refractivity contribution < 1.29 is 4.79 Å². The number of anilines is 3. The predicted octanol–water partition coefficient (Wildman–Crippen LogP) is 0.666. The largest absolute Gasteiger partial charge is 0.383 e. The Bertz CT molecular complexity index is 566. The van der Waals surface area contributed by atoms with E-state index in [0.29, 0.717) is 5.95 Å². The highest BCUT2D eigenvalue weighted by Gasteiger charge is 2.09. The minimum Gasteiger partial charge on any atom is -0.383 e. The molecule has 0 aromatic carbocycles. The SMILES string of the molecule is Cc1cc(Nc2ncc(C(N)=O)c(N)n2)sn1. The fraction of sp³-hybridized carbons (Fsp3) is 0.111. The number of aryl methyl sites for hydroxylation is 1. The third-order valence-corrected chi connectivity index (χ3v) is 2.74. The molecule has 7 nitrogen and oxygen atoms in total. The van der Waals surface area contributed by atoms with Crippen LogP contribution < -0.4 is 16.8 Å². The number of amides is 1. The lowest BCUT2D eigenvalue weighted by atomic mass is 10.3. The van der Waals surface area contributed by atoms with E-state index < -0.39 is 5.91 Å². The maximum Gasteiger partial charge on any atom is 0.254 e. The van der Waals surface area contributed by atoms with Crippen molar-refractivity contribution in [3.05, 3.63) is 23.5 Å². The summed E-state index contributed by atoms with van der Waals surface area (Å²) in [6.45, 7) is 1.88. The minimum absolute atomic E-state index is 0.0521. The first-order valence-corrected chi connectivity index (χ1v) is 5.46. The topological polar surface area (TPSA) is 120 Å². The molecule has 8 heteroatoms. The Morgan fingerprint density at radius 2 is 2.29 bits per heavy atom. The average molecular weight is 250 g/mol. The molecule has 17 heavy (non-hydrogen) atoms. The van der Waals surface area contributed by atoms with Crippen LogP contribution in [0.15, 0.2) is 12.3 Å². The van der Waals surface area contributed by atoms with Crippen molar-refractivity contribution in [2.75, 3.05) is 11.1 Å². The molecule has 0 aliphatic carbocycles. The first-order chi connectivity index (χ1) is 8.06. The summed E-state index contributed by atoms with van der Waals surface area (Å²) < 4.78 is 4.10. The summed E-state index contributed by atoms with van der Waals surface area (Å²) in [7, 11) is 0. The molecule has 2 rings (SSSR count). The second-order valence-electron chi connectivity index (χ2n) is 3.31. The first kappa shape index (κ1) is 11.3. The molecule has 0 fully saturated rings. The summed E-state index contributed by atoms with van der Waals surface area (Å²) in [4.78, 5) is 18.8. The second-order valence-corrected chi connectivity index (χ2v) is 4.12. The number of nitrogens with zero attached hydrogens (tertiary/aromatic N) is 3. The summed E-state index contributed by atoms with van der Waals surface area (Å²) in [5.74, 6) is -0.296. The molecular formula is C9H10N6OS. The zero-order chi connectivity index (χ0) is 12.4. The van der Waals surface area contributed by atoms with Gasteiger partial charge in [-0.1, -0.05) is 0 Å². The van der Waals surface area contributed by atoms with Crippen LogP contribution in [-0.4, -0.2) is 20.2 Å². The number of rotatable bonds is 3. The predicted molar refractivity (Wildman–Crippen MR) is 65.1 cm³/mol. The molecule has 0 aliphatic rings. The molecule has 0 aliphatic heterocycles. The van der Waals surface area contributed by atoms with E-state index in [4.69, 9.17) is 11.5 Å². The zero-order valence-electron chi connectivity index (χ0n) is 8.97. The number of primary amides is 1. The molecule has 0 bridgehead atoms. The second kappa shape index (κ2) is 4.34. The number of carbonyl (C=O) groups excluding carboxylic acids is 1. The first-order valence-electron chi connectivity index (χ1n) is 4.69. The third kappa shape index (κ3) is 2.48. The van der Waals surface area contributed by atoms with Gasteiger partial charge >= 0.3 is 0 Å². The van der Waals surface area contributed by atoms with Gasteiger partial charge in [-0.2, -0.15) is 9.36 Å². The van der Waals surface area contributed by atoms with E-state index in [-0.39, 0.29) is 11.4 Å². The van der Waals surface area contributed by atoms with Crippen molar-refractivity contribution in [1.82, 2.24) is 14.3 Å². The lowest BCUT2D eigenvalue weighted by Gasteiger charge is -2.04. The Hall–Kier alpha value is -2.22. The van der Waals surface area contributed by atoms with E-state index in [2.05, 4.69) is 19.7 Å². The molecule has 2 aromatic heterocycles. The van der Waals surface area contributed by atoms with E-state index in [1.807, 2.05) is 13.0 Å². The lowest BCUT2D eigenvalue weighted by Crippen LogP contribution is -2.15. The highest BCUT2D eigenvalue weighted by molar-refractivity contribution is 7.10. The van der Waals surface area contributed by atoms with Crippen molar-refractivity contribution in [3.63, 3.8) is 0 Å². The fourth-order valence-corrected chi connectivity index (χ4v) is 1.83. The van der Waals surface area contributed by atoms with Crippen molar-refractivity contribution in [2.45, 2.75) is 6.92 Å². The quantitative estimate of drug-likeness (QED) is 0.736. The van der Waals surface area contributed by atoms with Crippen LogP contribution in [0.4, 0.5) is 16.8 Å². The van der Waals surface area contributed by atoms with Crippen LogP contribution in [0, 0.1) is 6.92 Å². The van der Waals surface area contributed by atoms with Gasteiger partial charge in [0.15, 0.2) is 0 Å². The molecule has 2 heterocycles. The van der Waals surface area contributed by atoms with E-state index in [1.54, 1.807) is 0 Å². The Balaban J connectivity index is 2.23. The summed E-state index contributed by atoms with van der Waals surface area (Å²) in [6.07, 6.45) is 1.29. The Kier molecular flexibility index (Phi) is 2.88. The monoisotopic (exact) mass is 250 g/mol. The Labute approximate surface area is 101 Å². The van der Waals surface area contributed by atoms with Gasteiger partial charge in [0.1, 0.15) is 10.8 Å². The number of carbonyl (C=O) groups is 1. The molecular weight excluding hydrogens is 240 g/mol. The number of hydrogen-bond donors (Lipinski definition) is 3. The molecule has 0 unspecified atom stereocenters. The molecule has 0 saturated carbocycles. The Morgan fingerprint density at radius 1 is 1.53 bits per heavy atom. The van der Waals surface area contributed by atoms with Crippen molar-refractivity contribution in [1.29, 1.82) is 0 Å². The van der Waals surface area contributed by atoms with Crippen LogP contribution in [0.2, 0.25) is 0 Å². The van der Waals surface area contributed by atoms with E-state index in [1.165, 1.54) is 17.7 Å². The molecule has 0 atom stereocenters. The van der Waals surface area contributed by atoms with Gasteiger partial charge in [-0.25, -0.2) is 4.98 Å². The number of aromatic nitrogens is 3. The zero-order valence-corrected chi connectivity index (χ0v) is 9.78. The summed E-state index contributed by atoms with van der Waals surface area (Å²) in [6, 6.07) is 1.85. The van der Waals surface area contributed by atoms with E-state index in [0.717, 1.165) is 10.7 Å². The molecule has 0 spiro atoms. The van der Waals surface area contributed by atoms with Gasteiger partial charge in [-0.15, -0.1) is 0 Å². The number of nitrogens with one attached hydrogen (secondary N) is 1. The van der Waals surface area contributed by atoms with Gasteiger partial charge in [0.05, 0.1) is 11.3 Å². The van der Waals surface area contributed by atoms with Gasteiger partial charge in [0, 0.05) is 6.20 Å². The van der Waals surface area contributed by atoms with Crippen LogP contribution >= 0.6 is 11.5 Å². The standard InChI is InChI=1S/C9H10N6OS/c1-4-2-6(17-15-4)13-9-12-3-5(8(11)16)7(10)14-9/h2-3H,1H3,(H2,11,16)(H3,10,12,13,14).